The van der Waals surface area contributed by atoms with Crippen LogP contribution >= 0.6 is 24.0 Å². The van der Waals surface area contributed by atoms with Crippen LogP contribution in [0.5, 0.6) is 5.75 Å². The minimum atomic E-state index is 0. The van der Waals surface area contributed by atoms with Crippen molar-refractivity contribution in [3.8, 4) is 5.75 Å². The lowest BCUT2D eigenvalue weighted by Crippen LogP contribution is -2.41. The van der Waals surface area contributed by atoms with Crippen molar-refractivity contribution in [1.29, 1.82) is 0 Å². The van der Waals surface area contributed by atoms with Crippen LogP contribution in [0, 0.1) is 11.3 Å². The van der Waals surface area contributed by atoms with Gasteiger partial charge in [0.25, 0.3) is 0 Å². The molecule has 1 aromatic carbocycles. The Morgan fingerprint density at radius 3 is 2.37 bits per heavy atom. The van der Waals surface area contributed by atoms with Crippen molar-refractivity contribution < 1.29 is 9.47 Å². The van der Waals surface area contributed by atoms with Crippen molar-refractivity contribution in [3.05, 3.63) is 29.8 Å². The average Bonchev–Trinajstić information content (AvgIpc) is 3.42. The molecule has 1 saturated carbocycles. The van der Waals surface area contributed by atoms with E-state index in [-0.39, 0.29) is 30.0 Å². The van der Waals surface area contributed by atoms with Crippen LogP contribution in [0.25, 0.3) is 0 Å². The predicted molar refractivity (Wildman–Crippen MR) is 123 cm³/mol. The van der Waals surface area contributed by atoms with Gasteiger partial charge in [0.1, 0.15) is 5.75 Å². The number of ether oxygens (including phenoxy) is 2. The van der Waals surface area contributed by atoms with Crippen LogP contribution in [0.4, 0.5) is 0 Å². The number of guanidine groups is 1. The molecule has 0 aromatic heterocycles. The van der Waals surface area contributed by atoms with Gasteiger partial charge < -0.3 is 20.1 Å². The number of methoxy groups -OCH3 is 1. The predicted octanol–water partition coefficient (Wildman–Crippen LogP) is 4.38. The van der Waals surface area contributed by atoms with Gasteiger partial charge in [-0.1, -0.05) is 26.0 Å². The highest BCUT2D eigenvalue weighted by atomic mass is 127. The fraction of sp³-hybridized carbons (Fsp3) is 0.667. The molecule has 1 unspecified atom stereocenters. The highest BCUT2D eigenvalue weighted by Crippen LogP contribution is 2.48. The topological polar surface area (TPSA) is 54.9 Å². The van der Waals surface area contributed by atoms with E-state index >= 15 is 0 Å². The molecule has 1 aliphatic carbocycles. The lowest BCUT2D eigenvalue weighted by molar-refractivity contribution is 0.172. The SMILES string of the molecule is CN=C(NCC1(CCOC)CC1)NC(C)c1ccc(OCC(C)C)cc1.I. The summed E-state index contributed by atoms with van der Waals surface area (Å²) in [6, 6.07) is 8.48. The summed E-state index contributed by atoms with van der Waals surface area (Å²) < 4.78 is 11.0. The van der Waals surface area contributed by atoms with Crippen LogP contribution < -0.4 is 15.4 Å². The molecule has 2 rings (SSSR count). The quantitative estimate of drug-likeness (QED) is 0.291. The average molecular weight is 489 g/mol. The van der Waals surface area contributed by atoms with E-state index in [0.29, 0.717) is 11.3 Å². The van der Waals surface area contributed by atoms with Crippen LogP contribution in [0.2, 0.25) is 0 Å². The van der Waals surface area contributed by atoms with E-state index in [2.05, 4.69) is 48.5 Å². The molecule has 0 spiro atoms. The van der Waals surface area contributed by atoms with Crippen molar-refractivity contribution in [2.75, 3.05) is 33.9 Å². The van der Waals surface area contributed by atoms with Gasteiger partial charge in [0, 0.05) is 27.3 Å². The zero-order valence-corrected chi connectivity index (χ0v) is 19.7. The third-order valence-corrected chi connectivity index (χ3v) is 4.96. The molecule has 27 heavy (non-hydrogen) atoms. The van der Waals surface area contributed by atoms with E-state index in [1.165, 1.54) is 18.4 Å². The van der Waals surface area contributed by atoms with Gasteiger partial charge in [-0.3, -0.25) is 4.99 Å². The normalized spacial score (nSPS) is 16.4. The van der Waals surface area contributed by atoms with Gasteiger partial charge in [-0.25, -0.2) is 0 Å². The van der Waals surface area contributed by atoms with Crippen LogP contribution in [-0.4, -0.2) is 39.9 Å². The summed E-state index contributed by atoms with van der Waals surface area (Å²) in [6.07, 6.45) is 3.66. The Labute approximate surface area is 181 Å². The number of hydrogen-bond donors (Lipinski definition) is 2. The number of halogens is 1. The molecule has 0 saturated heterocycles. The number of hydrogen-bond acceptors (Lipinski definition) is 3. The second-order valence-corrected chi connectivity index (χ2v) is 7.81. The second-order valence-electron chi connectivity index (χ2n) is 7.81. The zero-order valence-electron chi connectivity index (χ0n) is 17.4. The molecule has 0 heterocycles. The summed E-state index contributed by atoms with van der Waals surface area (Å²) in [5.41, 5.74) is 1.61. The van der Waals surface area contributed by atoms with Crippen molar-refractivity contribution >= 4 is 29.9 Å². The van der Waals surface area contributed by atoms with Gasteiger partial charge in [-0.2, -0.15) is 0 Å². The number of rotatable bonds is 10. The summed E-state index contributed by atoms with van der Waals surface area (Å²) in [7, 11) is 3.59. The number of benzene rings is 1. The summed E-state index contributed by atoms with van der Waals surface area (Å²) in [6.45, 7) is 8.98. The molecule has 6 heteroatoms. The number of nitrogens with zero attached hydrogens (tertiary/aromatic N) is 1. The van der Waals surface area contributed by atoms with Crippen LogP contribution in [0.3, 0.4) is 0 Å². The Morgan fingerprint density at radius 1 is 1.19 bits per heavy atom. The summed E-state index contributed by atoms with van der Waals surface area (Å²) >= 11 is 0. The molecule has 0 amide bonds. The first-order valence-electron chi connectivity index (χ1n) is 9.67. The fourth-order valence-electron chi connectivity index (χ4n) is 2.88. The van der Waals surface area contributed by atoms with Crippen LogP contribution in [0.15, 0.2) is 29.3 Å². The largest absolute Gasteiger partial charge is 0.493 e. The summed E-state index contributed by atoms with van der Waals surface area (Å²) in [4.78, 5) is 4.37. The Kier molecular flexibility index (Phi) is 10.4. The Hall–Kier alpha value is -1.02. The first-order valence-corrected chi connectivity index (χ1v) is 9.67. The Morgan fingerprint density at radius 2 is 1.85 bits per heavy atom. The number of aliphatic imine (C=N–C) groups is 1. The molecular weight excluding hydrogens is 453 g/mol. The van der Waals surface area contributed by atoms with Crippen molar-refractivity contribution in [3.63, 3.8) is 0 Å². The smallest absolute Gasteiger partial charge is 0.191 e. The molecule has 2 N–H and O–H groups in total. The maximum absolute atomic E-state index is 5.75. The molecular formula is C21H36IN3O2. The lowest BCUT2D eigenvalue weighted by atomic mass is 10.0. The van der Waals surface area contributed by atoms with E-state index in [1.54, 1.807) is 7.11 Å². The minimum absolute atomic E-state index is 0. The fourth-order valence-corrected chi connectivity index (χ4v) is 2.88. The highest BCUT2D eigenvalue weighted by Gasteiger charge is 2.41. The van der Waals surface area contributed by atoms with Gasteiger partial charge in [0.15, 0.2) is 5.96 Å². The lowest BCUT2D eigenvalue weighted by Gasteiger charge is -2.21. The molecule has 1 fully saturated rings. The zero-order chi connectivity index (χ0) is 19.0. The second kappa shape index (κ2) is 11.7. The maximum atomic E-state index is 5.75. The summed E-state index contributed by atoms with van der Waals surface area (Å²) in [5.74, 6) is 2.30. The maximum Gasteiger partial charge on any atom is 0.191 e. The molecule has 1 atom stereocenters. The van der Waals surface area contributed by atoms with E-state index in [0.717, 1.165) is 37.9 Å². The van der Waals surface area contributed by atoms with E-state index in [4.69, 9.17) is 9.47 Å². The third-order valence-electron chi connectivity index (χ3n) is 4.96. The summed E-state index contributed by atoms with van der Waals surface area (Å²) in [5, 5.41) is 6.96. The first kappa shape index (κ1) is 24.0. The first-order chi connectivity index (χ1) is 12.5. The van der Waals surface area contributed by atoms with Crippen molar-refractivity contribution in [1.82, 2.24) is 10.6 Å². The Bertz CT molecular complexity index is 571. The molecule has 1 aliphatic rings. The molecule has 0 aliphatic heterocycles. The van der Waals surface area contributed by atoms with Gasteiger partial charge in [-0.15, -0.1) is 24.0 Å². The molecule has 154 valence electrons. The van der Waals surface area contributed by atoms with Crippen molar-refractivity contribution in [2.24, 2.45) is 16.3 Å². The molecule has 1 aromatic rings. The molecule has 0 bridgehead atoms. The van der Waals surface area contributed by atoms with Gasteiger partial charge in [0.2, 0.25) is 0 Å². The van der Waals surface area contributed by atoms with Gasteiger partial charge in [-0.05, 0) is 55.2 Å². The van der Waals surface area contributed by atoms with Gasteiger partial charge in [0.05, 0.1) is 12.6 Å². The third kappa shape index (κ3) is 8.25. The standard InChI is InChI=1S/C21H35N3O2.HI/c1-16(2)14-26-19-8-6-18(7-9-19)17(3)24-20(22-4)23-15-21(10-11-21)12-13-25-5;/h6-9,16-17H,10-15H2,1-5H3,(H2,22,23,24);1H. The monoisotopic (exact) mass is 489 g/mol. The van der Waals surface area contributed by atoms with Crippen molar-refractivity contribution in [2.45, 2.75) is 46.1 Å². The van der Waals surface area contributed by atoms with Crippen LogP contribution in [0.1, 0.15) is 51.6 Å². The van der Waals surface area contributed by atoms with E-state index in [1.807, 2.05) is 19.2 Å². The Balaban J connectivity index is 0.00000364. The van der Waals surface area contributed by atoms with E-state index < -0.39 is 0 Å². The molecule has 0 radical (unpaired) electrons. The van der Waals surface area contributed by atoms with Crippen LogP contribution in [-0.2, 0) is 4.74 Å². The van der Waals surface area contributed by atoms with Gasteiger partial charge >= 0.3 is 0 Å². The van der Waals surface area contributed by atoms with E-state index in [9.17, 15) is 0 Å². The highest BCUT2D eigenvalue weighted by molar-refractivity contribution is 14.0. The number of nitrogens with one attached hydrogen (secondary N) is 2. The minimum Gasteiger partial charge on any atom is -0.493 e. The molecule has 5 nitrogen and oxygen atoms in total.